The van der Waals surface area contributed by atoms with Crippen molar-refractivity contribution in [3.63, 3.8) is 0 Å². The summed E-state index contributed by atoms with van der Waals surface area (Å²) in [6.07, 6.45) is 1.91. The Bertz CT molecular complexity index is 1210. The quantitative estimate of drug-likeness (QED) is 0.433. The summed E-state index contributed by atoms with van der Waals surface area (Å²) in [6, 6.07) is 9.67. The summed E-state index contributed by atoms with van der Waals surface area (Å²) in [5.41, 5.74) is 2.68. The number of hydrogen-bond donors (Lipinski definition) is 1. The molecule has 0 radical (unpaired) electrons. The van der Waals surface area contributed by atoms with Gasteiger partial charge in [0.2, 0.25) is 0 Å². The number of fused-ring (bicyclic) bond motifs is 1. The fraction of sp³-hybridized carbons (Fsp3) is 0.316. The highest BCUT2D eigenvalue weighted by Crippen LogP contribution is 2.25. The summed E-state index contributed by atoms with van der Waals surface area (Å²) in [5, 5.41) is 7.91. The number of nitrogens with one attached hydrogen (secondary N) is 1. The number of imidazole rings is 1. The summed E-state index contributed by atoms with van der Waals surface area (Å²) in [7, 11) is 0. The molecule has 0 saturated heterocycles. The summed E-state index contributed by atoms with van der Waals surface area (Å²) in [4.78, 5) is 32.4. The van der Waals surface area contributed by atoms with Crippen LogP contribution < -0.4 is 11.2 Å². The molecule has 0 amide bonds. The monoisotopic (exact) mass is 428 g/mol. The number of thioether (sulfide) groups is 1. The van der Waals surface area contributed by atoms with Gasteiger partial charge in [0.15, 0.2) is 15.5 Å². The molecule has 0 bridgehead atoms. The summed E-state index contributed by atoms with van der Waals surface area (Å²) < 4.78 is 4.31. The summed E-state index contributed by atoms with van der Waals surface area (Å²) in [5.74, 6) is 1.30. The largest absolute Gasteiger partial charge is 0.330 e. The van der Waals surface area contributed by atoms with Crippen molar-refractivity contribution in [1.29, 1.82) is 0 Å². The Labute approximate surface area is 174 Å². The summed E-state index contributed by atoms with van der Waals surface area (Å²) >= 11 is 2.99. The molecule has 0 unspecified atom stereocenters. The van der Waals surface area contributed by atoms with Crippen molar-refractivity contribution >= 4 is 34.3 Å². The van der Waals surface area contributed by atoms with Gasteiger partial charge in [-0.05, 0) is 12.0 Å². The molecule has 0 aliphatic heterocycles. The predicted octanol–water partition coefficient (Wildman–Crippen LogP) is 2.88. The highest BCUT2D eigenvalue weighted by molar-refractivity contribution is 8.00. The van der Waals surface area contributed by atoms with E-state index < -0.39 is 11.2 Å². The van der Waals surface area contributed by atoms with Crippen LogP contribution in [0.3, 0.4) is 0 Å². The maximum atomic E-state index is 12.7. The van der Waals surface area contributed by atoms with Crippen LogP contribution in [-0.4, -0.2) is 29.3 Å². The van der Waals surface area contributed by atoms with Gasteiger partial charge in [-0.15, -0.1) is 10.2 Å². The second-order valence-corrected chi connectivity index (χ2v) is 8.59. The van der Waals surface area contributed by atoms with Crippen molar-refractivity contribution in [3.8, 4) is 0 Å². The van der Waals surface area contributed by atoms with Crippen LogP contribution in [0.15, 0.2) is 49.8 Å². The van der Waals surface area contributed by atoms with E-state index in [1.807, 2.05) is 34.9 Å². The van der Waals surface area contributed by atoms with Crippen LogP contribution >= 0.6 is 23.1 Å². The first-order valence-electron chi connectivity index (χ1n) is 9.32. The molecule has 10 heteroatoms. The lowest BCUT2D eigenvalue weighted by Gasteiger charge is -2.08. The van der Waals surface area contributed by atoms with Gasteiger partial charge in [-0.1, -0.05) is 66.8 Å². The number of hydrogen-bond acceptors (Lipinski definition) is 7. The molecule has 1 aromatic carbocycles. The molecule has 8 nitrogen and oxygen atoms in total. The smallest absolute Gasteiger partial charge is 0.321 e. The Morgan fingerprint density at radius 1 is 1.17 bits per heavy atom. The number of aromatic amines is 1. The molecule has 0 aliphatic rings. The van der Waals surface area contributed by atoms with Gasteiger partial charge in [0.25, 0.3) is 5.56 Å². The number of aryl methyl sites for hydroxylation is 1. The van der Waals surface area contributed by atoms with E-state index in [1.54, 1.807) is 5.51 Å². The van der Waals surface area contributed by atoms with Crippen molar-refractivity contribution in [2.24, 2.45) is 0 Å². The van der Waals surface area contributed by atoms with Crippen LogP contribution in [0.5, 0.6) is 0 Å². The van der Waals surface area contributed by atoms with Gasteiger partial charge < -0.3 is 4.57 Å². The molecule has 150 valence electrons. The molecule has 0 atom stereocenters. The average molecular weight is 429 g/mol. The minimum atomic E-state index is -0.449. The van der Waals surface area contributed by atoms with Gasteiger partial charge in [-0.25, -0.2) is 9.78 Å². The molecular weight excluding hydrogens is 408 g/mol. The number of benzene rings is 1. The number of unbranched alkanes of at least 4 members (excludes halogenated alkanes) is 1. The van der Waals surface area contributed by atoms with Crippen molar-refractivity contribution < 1.29 is 0 Å². The van der Waals surface area contributed by atoms with E-state index in [4.69, 9.17) is 4.98 Å². The zero-order valence-electron chi connectivity index (χ0n) is 15.9. The normalized spacial score (nSPS) is 11.3. The third kappa shape index (κ3) is 4.18. The van der Waals surface area contributed by atoms with Crippen LogP contribution in [0.2, 0.25) is 0 Å². The minimum Gasteiger partial charge on any atom is -0.321 e. The number of rotatable bonds is 8. The Balaban J connectivity index is 1.81. The molecule has 4 aromatic rings. The number of H-pyrrole nitrogens is 1. The van der Waals surface area contributed by atoms with Crippen molar-refractivity contribution in [1.82, 2.24) is 29.3 Å². The van der Waals surface area contributed by atoms with Crippen LogP contribution in [0.1, 0.15) is 31.2 Å². The van der Waals surface area contributed by atoms with Gasteiger partial charge in [-0.3, -0.25) is 14.3 Å². The Morgan fingerprint density at radius 2 is 2.00 bits per heavy atom. The maximum absolute atomic E-state index is 12.7. The lowest BCUT2D eigenvalue weighted by molar-refractivity contribution is 0.626. The first-order chi connectivity index (χ1) is 14.2. The fourth-order valence-electron chi connectivity index (χ4n) is 3.15. The Hall–Kier alpha value is -2.72. The maximum Gasteiger partial charge on any atom is 0.330 e. The molecule has 0 spiro atoms. The number of nitrogens with zero attached hydrogens (tertiary/aromatic N) is 5. The predicted molar refractivity (Wildman–Crippen MR) is 115 cm³/mol. The minimum absolute atomic E-state index is 0.348. The molecule has 3 aromatic heterocycles. The average Bonchev–Trinajstić information content (AvgIpc) is 3.36. The number of aromatic nitrogens is 6. The standard InChI is InChI=1S/C19H20N6O2S2/c1-2-3-9-24-14(11-28-19-23-20-12-29-19)21-16-15(24)17(26)22-18(27)25(16)10-13-7-5-4-6-8-13/h4-8,12H,2-3,9-11H2,1H3,(H,22,26,27). The van der Waals surface area contributed by atoms with E-state index in [-0.39, 0.29) is 0 Å². The van der Waals surface area contributed by atoms with E-state index in [9.17, 15) is 9.59 Å². The van der Waals surface area contributed by atoms with Gasteiger partial charge in [0.05, 0.1) is 12.3 Å². The zero-order valence-corrected chi connectivity index (χ0v) is 17.5. The lowest BCUT2D eigenvalue weighted by Crippen LogP contribution is -2.31. The van der Waals surface area contributed by atoms with Crippen LogP contribution in [0.25, 0.3) is 11.2 Å². The second kappa shape index (κ2) is 8.75. The van der Waals surface area contributed by atoms with Gasteiger partial charge >= 0.3 is 5.69 Å². The van der Waals surface area contributed by atoms with Gasteiger partial charge in [0, 0.05) is 6.54 Å². The molecule has 0 fully saturated rings. The molecule has 4 rings (SSSR count). The third-order valence-electron chi connectivity index (χ3n) is 4.55. The fourth-order valence-corrected chi connectivity index (χ4v) is 4.58. The molecule has 3 heterocycles. The van der Waals surface area contributed by atoms with Crippen LogP contribution in [-0.2, 0) is 18.8 Å². The second-order valence-electron chi connectivity index (χ2n) is 6.53. The molecule has 0 aliphatic carbocycles. The van der Waals surface area contributed by atoms with Crippen molar-refractivity contribution in [3.05, 3.63) is 68.1 Å². The third-order valence-corrected chi connectivity index (χ3v) is 6.40. The van der Waals surface area contributed by atoms with Crippen molar-refractivity contribution in [2.75, 3.05) is 0 Å². The molecule has 29 heavy (non-hydrogen) atoms. The van der Waals surface area contributed by atoms with E-state index >= 15 is 0 Å². The molecule has 1 N–H and O–H groups in total. The highest BCUT2D eigenvalue weighted by Gasteiger charge is 2.19. The Kier molecular flexibility index (Phi) is 5.91. The van der Waals surface area contributed by atoms with E-state index in [1.165, 1.54) is 27.7 Å². The highest BCUT2D eigenvalue weighted by atomic mass is 32.2. The van der Waals surface area contributed by atoms with E-state index in [2.05, 4.69) is 22.1 Å². The van der Waals surface area contributed by atoms with Gasteiger partial charge in [0.1, 0.15) is 11.3 Å². The Morgan fingerprint density at radius 3 is 2.72 bits per heavy atom. The van der Waals surface area contributed by atoms with Crippen LogP contribution in [0, 0.1) is 0 Å². The first kappa shape index (κ1) is 19.6. The van der Waals surface area contributed by atoms with E-state index in [0.29, 0.717) is 30.0 Å². The van der Waals surface area contributed by atoms with Crippen molar-refractivity contribution in [2.45, 2.75) is 42.9 Å². The van der Waals surface area contributed by atoms with Crippen LogP contribution in [0.4, 0.5) is 0 Å². The van der Waals surface area contributed by atoms with E-state index in [0.717, 1.165) is 28.6 Å². The molecular formula is C19H20N6O2S2. The molecule has 0 saturated carbocycles. The SMILES string of the molecule is CCCCn1c(CSc2nncs2)nc2c1c(=O)[nH]c(=O)n2Cc1ccccc1. The zero-order chi connectivity index (χ0) is 20.2. The lowest BCUT2D eigenvalue weighted by atomic mass is 10.2. The first-order valence-corrected chi connectivity index (χ1v) is 11.2. The van der Waals surface area contributed by atoms with Gasteiger partial charge in [-0.2, -0.15) is 0 Å². The topological polar surface area (TPSA) is 98.5 Å². The summed E-state index contributed by atoms with van der Waals surface area (Å²) in [6.45, 7) is 3.12.